The minimum Gasteiger partial charge on any atom is -0.399 e. The number of hydrogen-bond acceptors (Lipinski definition) is 1. The normalized spacial score (nSPS) is 12.4. The van der Waals surface area contributed by atoms with E-state index in [0.717, 1.165) is 0 Å². The van der Waals surface area contributed by atoms with Gasteiger partial charge in [-0.05, 0) is 0 Å². The van der Waals surface area contributed by atoms with Gasteiger partial charge in [0.15, 0.2) is 0 Å². The maximum atomic E-state index is 5.48. The van der Waals surface area contributed by atoms with Gasteiger partial charge in [0.2, 0.25) is 4.52 Å². The van der Waals surface area contributed by atoms with Gasteiger partial charge in [-0.2, -0.15) is 0 Å². The van der Waals surface area contributed by atoms with E-state index in [1.807, 2.05) is 6.92 Å². The average Bonchev–Trinajstić information content (AvgIpc) is 1.68. The Morgan fingerprint density at radius 3 is 2.14 bits per heavy atom. The summed E-state index contributed by atoms with van der Waals surface area (Å²) in [5.41, 5.74) is 0. The maximum Gasteiger partial charge on any atom is 0.207 e. The zero-order valence-corrected chi connectivity index (χ0v) is 7.88. The smallest absolute Gasteiger partial charge is 0.207 e. The molecule has 0 aliphatic heterocycles. The molecule has 0 radical (unpaired) electrons. The fraction of sp³-hybridized carbons (Fsp3) is 1.00. The van der Waals surface area contributed by atoms with Crippen molar-refractivity contribution in [1.29, 1.82) is 0 Å². The lowest BCUT2D eigenvalue weighted by molar-refractivity contribution is 0.261. The SMILES string of the molecule is CCC(Cl)(Cl)O[SiH3]. The first-order valence-electron chi connectivity index (χ1n) is 2.05. The molecule has 0 aromatic heterocycles. The van der Waals surface area contributed by atoms with Crippen molar-refractivity contribution in [2.24, 2.45) is 0 Å². The zero-order valence-electron chi connectivity index (χ0n) is 4.37. The van der Waals surface area contributed by atoms with Crippen molar-refractivity contribution < 1.29 is 4.43 Å². The second-order valence-electron chi connectivity index (χ2n) is 1.20. The van der Waals surface area contributed by atoms with Crippen molar-refractivity contribution in [2.75, 3.05) is 0 Å². The molecule has 44 valence electrons. The van der Waals surface area contributed by atoms with Crippen molar-refractivity contribution in [3.8, 4) is 0 Å². The Kier molecular flexibility index (Phi) is 3.24. The molecule has 0 saturated heterocycles. The van der Waals surface area contributed by atoms with E-state index in [0.29, 0.717) is 16.9 Å². The Bertz CT molecular complexity index is 50.9. The van der Waals surface area contributed by atoms with E-state index >= 15 is 0 Å². The molecule has 0 unspecified atom stereocenters. The van der Waals surface area contributed by atoms with E-state index in [1.54, 1.807) is 0 Å². The summed E-state index contributed by atoms with van der Waals surface area (Å²) in [5.74, 6) is 0. The van der Waals surface area contributed by atoms with E-state index in [4.69, 9.17) is 27.6 Å². The minimum absolute atomic E-state index is 0.593. The van der Waals surface area contributed by atoms with Gasteiger partial charge in [0.25, 0.3) is 0 Å². The van der Waals surface area contributed by atoms with E-state index in [9.17, 15) is 0 Å². The molecule has 0 bridgehead atoms. The molecule has 0 amide bonds. The molecule has 0 N–H and O–H groups in total. The van der Waals surface area contributed by atoms with Crippen molar-refractivity contribution in [3.05, 3.63) is 0 Å². The molecular formula is C3H8Cl2OSi. The lowest BCUT2D eigenvalue weighted by Gasteiger charge is -2.13. The number of rotatable bonds is 2. The predicted octanol–water partition coefficient (Wildman–Crippen LogP) is 0.825. The first-order valence-corrected chi connectivity index (χ1v) is 3.62. The Morgan fingerprint density at radius 1 is 1.71 bits per heavy atom. The van der Waals surface area contributed by atoms with Gasteiger partial charge in [-0.15, -0.1) is 0 Å². The summed E-state index contributed by atoms with van der Waals surface area (Å²) < 4.78 is 3.85. The molecule has 4 heteroatoms. The van der Waals surface area contributed by atoms with Crippen LogP contribution in [0.4, 0.5) is 0 Å². The standard InChI is InChI=1S/C3H8Cl2OSi/c1-2-3(4,5)6-7/h2H2,1,7H3. The van der Waals surface area contributed by atoms with Crippen LogP contribution in [-0.2, 0) is 4.43 Å². The summed E-state index contributed by atoms with van der Waals surface area (Å²) in [6.07, 6.45) is 0.639. The molecule has 1 nitrogen and oxygen atoms in total. The molecule has 0 aromatic rings. The third-order valence-electron chi connectivity index (χ3n) is 0.710. The summed E-state index contributed by atoms with van der Waals surface area (Å²) in [4.78, 5) is 0. The summed E-state index contributed by atoms with van der Waals surface area (Å²) >= 11 is 11.0. The van der Waals surface area contributed by atoms with E-state index in [2.05, 4.69) is 0 Å². The second-order valence-corrected chi connectivity index (χ2v) is 3.02. The van der Waals surface area contributed by atoms with Gasteiger partial charge in [-0.25, -0.2) is 0 Å². The molecule has 0 fully saturated rings. The van der Waals surface area contributed by atoms with Crippen LogP contribution in [0.3, 0.4) is 0 Å². The Labute approximate surface area is 56.5 Å². The van der Waals surface area contributed by atoms with E-state index in [1.165, 1.54) is 0 Å². The van der Waals surface area contributed by atoms with Gasteiger partial charge in [0.1, 0.15) is 10.5 Å². The highest BCUT2D eigenvalue weighted by molar-refractivity contribution is 6.48. The molecule has 0 spiro atoms. The van der Waals surface area contributed by atoms with Crippen molar-refractivity contribution in [1.82, 2.24) is 0 Å². The Balaban J connectivity index is 3.36. The topological polar surface area (TPSA) is 9.23 Å². The van der Waals surface area contributed by atoms with Crippen LogP contribution < -0.4 is 0 Å². The maximum absolute atomic E-state index is 5.48. The van der Waals surface area contributed by atoms with Gasteiger partial charge in [-0.1, -0.05) is 30.1 Å². The van der Waals surface area contributed by atoms with Gasteiger partial charge < -0.3 is 4.43 Å². The Hall–Kier alpha value is 0.757. The Morgan fingerprint density at radius 2 is 2.14 bits per heavy atom. The molecule has 0 rings (SSSR count). The molecule has 0 aromatic carbocycles. The lowest BCUT2D eigenvalue weighted by atomic mass is 10.5. The van der Waals surface area contributed by atoms with Crippen molar-refractivity contribution >= 4 is 33.7 Å². The highest BCUT2D eigenvalue weighted by Gasteiger charge is 2.17. The number of hydrogen-bond donors (Lipinski definition) is 0. The van der Waals surface area contributed by atoms with Crippen LogP contribution in [0.2, 0.25) is 0 Å². The van der Waals surface area contributed by atoms with Crippen LogP contribution in [-0.4, -0.2) is 15.0 Å². The highest BCUT2D eigenvalue weighted by atomic mass is 35.5. The fourth-order valence-corrected chi connectivity index (χ4v) is 0.433. The number of alkyl halides is 2. The zero-order chi connectivity index (χ0) is 5.91. The molecule has 0 aliphatic rings. The van der Waals surface area contributed by atoms with Crippen LogP contribution in [0, 0.1) is 0 Å². The average molecular weight is 159 g/mol. The van der Waals surface area contributed by atoms with E-state index < -0.39 is 4.52 Å². The van der Waals surface area contributed by atoms with Crippen LogP contribution in [0.15, 0.2) is 0 Å². The second kappa shape index (κ2) is 2.92. The van der Waals surface area contributed by atoms with Crippen LogP contribution in [0.5, 0.6) is 0 Å². The quantitative estimate of drug-likeness (QED) is 0.428. The van der Waals surface area contributed by atoms with Gasteiger partial charge >= 0.3 is 0 Å². The molecule has 0 aliphatic carbocycles. The first-order chi connectivity index (χ1) is 3.12. The molecule has 0 saturated carbocycles. The largest absolute Gasteiger partial charge is 0.399 e. The van der Waals surface area contributed by atoms with Crippen LogP contribution >= 0.6 is 23.2 Å². The van der Waals surface area contributed by atoms with Crippen molar-refractivity contribution in [2.45, 2.75) is 17.9 Å². The first kappa shape index (κ1) is 7.76. The summed E-state index contributed by atoms with van der Waals surface area (Å²) in [5, 5.41) is 0. The molecule has 0 heterocycles. The number of halogens is 2. The fourth-order valence-electron chi connectivity index (χ4n) is 0.144. The van der Waals surface area contributed by atoms with Crippen LogP contribution in [0.1, 0.15) is 13.3 Å². The summed E-state index contributed by atoms with van der Waals surface area (Å²) in [6.45, 7) is 1.87. The van der Waals surface area contributed by atoms with Gasteiger partial charge in [-0.3, -0.25) is 0 Å². The van der Waals surface area contributed by atoms with Gasteiger partial charge in [0, 0.05) is 6.42 Å². The summed E-state index contributed by atoms with van der Waals surface area (Å²) in [7, 11) is 0.593. The van der Waals surface area contributed by atoms with Crippen LogP contribution in [0.25, 0.3) is 0 Å². The minimum atomic E-state index is -0.910. The van der Waals surface area contributed by atoms with Crippen molar-refractivity contribution in [3.63, 3.8) is 0 Å². The molecule has 7 heavy (non-hydrogen) atoms. The lowest BCUT2D eigenvalue weighted by Crippen LogP contribution is -2.13. The molecular weight excluding hydrogens is 151 g/mol. The van der Waals surface area contributed by atoms with E-state index in [-0.39, 0.29) is 0 Å². The third-order valence-corrected chi connectivity index (χ3v) is 2.77. The summed E-state index contributed by atoms with van der Waals surface area (Å²) in [6, 6.07) is 0. The third kappa shape index (κ3) is 3.35. The predicted molar refractivity (Wildman–Crippen MR) is 35.8 cm³/mol. The van der Waals surface area contributed by atoms with Gasteiger partial charge in [0.05, 0.1) is 0 Å². The highest BCUT2D eigenvalue weighted by Crippen LogP contribution is 2.24. The molecule has 0 atom stereocenters. The monoisotopic (exact) mass is 158 g/mol.